The Labute approximate surface area is 81.3 Å². The summed E-state index contributed by atoms with van der Waals surface area (Å²) < 4.78 is 12.6. The molecule has 0 aromatic heterocycles. The first-order valence-electron chi connectivity index (χ1n) is 4.54. The Balaban J connectivity index is 2.20. The minimum atomic E-state index is -0.343. The topological polar surface area (TPSA) is 41.1 Å². The van der Waals surface area contributed by atoms with Crippen molar-refractivity contribution in [2.75, 3.05) is 13.1 Å². The van der Waals surface area contributed by atoms with Crippen LogP contribution in [0.5, 0.6) is 0 Å². The lowest BCUT2D eigenvalue weighted by atomic mass is 10.0. The van der Waals surface area contributed by atoms with Crippen LogP contribution in [0.25, 0.3) is 0 Å². The van der Waals surface area contributed by atoms with Gasteiger partial charge in [-0.15, -0.1) is 0 Å². The second kappa shape index (κ2) is 3.75. The van der Waals surface area contributed by atoms with Gasteiger partial charge in [0.25, 0.3) is 0 Å². The molecule has 0 radical (unpaired) electrons. The number of halogens is 1. The van der Waals surface area contributed by atoms with Crippen molar-refractivity contribution in [2.45, 2.75) is 6.04 Å². The minimum absolute atomic E-state index is 0.0529. The Morgan fingerprint density at radius 3 is 2.57 bits per heavy atom. The van der Waals surface area contributed by atoms with Gasteiger partial charge in [0.2, 0.25) is 5.91 Å². The monoisotopic (exact) mass is 194 g/mol. The van der Waals surface area contributed by atoms with Crippen molar-refractivity contribution >= 4 is 5.91 Å². The summed E-state index contributed by atoms with van der Waals surface area (Å²) in [6.07, 6.45) is 0. The lowest BCUT2D eigenvalue weighted by molar-refractivity contribution is -0.124. The highest BCUT2D eigenvalue weighted by atomic mass is 19.1. The van der Waals surface area contributed by atoms with Crippen LogP contribution in [-0.4, -0.2) is 19.0 Å². The lowest BCUT2D eigenvalue weighted by Crippen LogP contribution is -2.47. The van der Waals surface area contributed by atoms with Crippen LogP contribution in [0.4, 0.5) is 4.39 Å². The molecule has 3 nitrogen and oxygen atoms in total. The first kappa shape index (κ1) is 9.15. The van der Waals surface area contributed by atoms with Crippen molar-refractivity contribution < 1.29 is 9.18 Å². The standard InChI is InChI=1S/C10H11FN2O/c11-8-3-1-7(2-4-8)9-10(14)13-6-5-12-9/h1-4,9,12H,5-6H2,(H,13,14)/t9-/m0/s1. The number of benzene rings is 1. The van der Waals surface area contributed by atoms with Crippen molar-refractivity contribution in [3.63, 3.8) is 0 Å². The third kappa shape index (κ3) is 1.75. The summed E-state index contributed by atoms with van der Waals surface area (Å²) in [6, 6.07) is 5.62. The molecule has 1 aliphatic rings. The van der Waals surface area contributed by atoms with E-state index >= 15 is 0 Å². The van der Waals surface area contributed by atoms with Gasteiger partial charge < -0.3 is 10.6 Å². The fraction of sp³-hybridized carbons (Fsp3) is 0.300. The number of hydrogen-bond donors (Lipinski definition) is 2. The number of hydrogen-bond acceptors (Lipinski definition) is 2. The Morgan fingerprint density at radius 1 is 1.21 bits per heavy atom. The highest BCUT2D eigenvalue weighted by Crippen LogP contribution is 2.14. The van der Waals surface area contributed by atoms with Crippen LogP contribution in [0.3, 0.4) is 0 Å². The second-order valence-electron chi connectivity index (χ2n) is 3.23. The molecule has 14 heavy (non-hydrogen) atoms. The average Bonchev–Trinajstić information content (AvgIpc) is 2.20. The second-order valence-corrected chi connectivity index (χ2v) is 3.23. The van der Waals surface area contributed by atoms with Crippen molar-refractivity contribution in [3.8, 4) is 0 Å². The van der Waals surface area contributed by atoms with Crippen LogP contribution in [0, 0.1) is 5.82 Å². The van der Waals surface area contributed by atoms with E-state index in [4.69, 9.17) is 0 Å². The van der Waals surface area contributed by atoms with Crippen LogP contribution >= 0.6 is 0 Å². The van der Waals surface area contributed by atoms with E-state index in [0.29, 0.717) is 6.54 Å². The van der Waals surface area contributed by atoms with E-state index < -0.39 is 0 Å². The summed E-state index contributed by atoms with van der Waals surface area (Å²) in [7, 11) is 0. The molecular formula is C10H11FN2O. The van der Waals surface area contributed by atoms with Gasteiger partial charge in [-0.2, -0.15) is 0 Å². The van der Waals surface area contributed by atoms with Gasteiger partial charge in [-0.3, -0.25) is 4.79 Å². The quantitative estimate of drug-likeness (QED) is 0.686. The molecule has 1 aromatic rings. The van der Waals surface area contributed by atoms with Crippen LogP contribution in [0.2, 0.25) is 0 Å². The molecule has 1 amide bonds. The number of carbonyl (C=O) groups excluding carboxylic acids is 1. The molecule has 0 aliphatic carbocycles. The van der Waals surface area contributed by atoms with Crippen molar-refractivity contribution in [1.29, 1.82) is 0 Å². The van der Waals surface area contributed by atoms with E-state index in [1.807, 2.05) is 0 Å². The molecule has 2 N–H and O–H groups in total. The molecule has 1 atom stereocenters. The number of carbonyl (C=O) groups is 1. The van der Waals surface area contributed by atoms with Gasteiger partial charge in [-0.1, -0.05) is 12.1 Å². The summed E-state index contributed by atoms with van der Waals surface area (Å²) in [6.45, 7) is 1.39. The molecule has 1 aromatic carbocycles. The predicted molar refractivity (Wildman–Crippen MR) is 50.2 cm³/mol. The SMILES string of the molecule is O=C1NCCN[C@H]1c1ccc(F)cc1. The minimum Gasteiger partial charge on any atom is -0.353 e. The molecule has 1 saturated heterocycles. The highest BCUT2D eigenvalue weighted by Gasteiger charge is 2.22. The zero-order valence-electron chi connectivity index (χ0n) is 7.59. The van der Waals surface area contributed by atoms with Crippen molar-refractivity contribution in [1.82, 2.24) is 10.6 Å². The summed E-state index contributed by atoms with van der Waals surface area (Å²) >= 11 is 0. The van der Waals surface area contributed by atoms with Gasteiger partial charge >= 0.3 is 0 Å². The number of piperazine rings is 1. The fourth-order valence-electron chi connectivity index (χ4n) is 1.52. The average molecular weight is 194 g/mol. The molecule has 1 heterocycles. The van der Waals surface area contributed by atoms with Crippen LogP contribution in [0.1, 0.15) is 11.6 Å². The molecule has 0 unspecified atom stereocenters. The third-order valence-corrected chi connectivity index (χ3v) is 2.24. The summed E-state index contributed by atoms with van der Waals surface area (Å²) in [5, 5.41) is 5.82. The largest absolute Gasteiger partial charge is 0.353 e. The molecule has 1 fully saturated rings. The summed E-state index contributed by atoms with van der Waals surface area (Å²) in [4.78, 5) is 11.4. The first-order valence-corrected chi connectivity index (χ1v) is 4.54. The smallest absolute Gasteiger partial charge is 0.241 e. The molecule has 0 spiro atoms. The molecule has 1 aliphatic heterocycles. The zero-order valence-corrected chi connectivity index (χ0v) is 7.59. The lowest BCUT2D eigenvalue weighted by Gasteiger charge is -2.23. The van der Waals surface area contributed by atoms with Crippen molar-refractivity contribution in [3.05, 3.63) is 35.6 Å². The van der Waals surface area contributed by atoms with Crippen molar-refractivity contribution in [2.24, 2.45) is 0 Å². The third-order valence-electron chi connectivity index (χ3n) is 2.24. The van der Waals surface area contributed by atoms with E-state index in [2.05, 4.69) is 10.6 Å². The number of amides is 1. The Bertz CT molecular complexity index is 336. The van der Waals surface area contributed by atoms with Gasteiger partial charge in [-0.25, -0.2) is 4.39 Å². The fourth-order valence-corrected chi connectivity index (χ4v) is 1.52. The molecule has 0 saturated carbocycles. The Kier molecular flexibility index (Phi) is 2.45. The van der Waals surface area contributed by atoms with Gasteiger partial charge in [0.1, 0.15) is 11.9 Å². The normalized spacial score (nSPS) is 21.8. The highest BCUT2D eigenvalue weighted by molar-refractivity contribution is 5.83. The Hall–Kier alpha value is -1.42. The van der Waals surface area contributed by atoms with Crippen LogP contribution in [0.15, 0.2) is 24.3 Å². The zero-order chi connectivity index (χ0) is 9.97. The van der Waals surface area contributed by atoms with Crippen LogP contribution in [-0.2, 0) is 4.79 Å². The summed E-state index contributed by atoms with van der Waals surface area (Å²) in [5.74, 6) is -0.340. The predicted octanol–water partition coefficient (Wildman–Crippen LogP) is 0.586. The number of rotatable bonds is 1. The maximum absolute atomic E-state index is 12.6. The maximum Gasteiger partial charge on any atom is 0.241 e. The van der Waals surface area contributed by atoms with Gasteiger partial charge in [0.15, 0.2) is 0 Å². The first-order chi connectivity index (χ1) is 6.77. The molecule has 2 rings (SSSR count). The van der Waals surface area contributed by atoms with E-state index in [0.717, 1.165) is 12.1 Å². The van der Waals surface area contributed by atoms with E-state index in [1.54, 1.807) is 12.1 Å². The van der Waals surface area contributed by atoms with Gasteiger partial charge in [0, 0.05) is 13.1 Å². The maximum atomic E-state index is 12.6. The van der Waals surface area contributed by atoms with Gasteiger partial charge in [-0.05, 0) is 17.7 Å². The Morgan fingerprint density at radius 2 is 1.93 bits per heavy atom. The van der Waals surface area contributed by atoms with E-state index in [-0.39, 0.29) is 17.8 Å². The van der Waals surface area contributed by atoms with Gasteiger partial charge in [0.05, 0.1) is 0 Å². The molecule has 74 valence electrons. The summed E-state index contributed by atoms with van der Waals surface area (Å²) in [5.41, 5.74) is 0.795. The molecule has 0 bridgehead atoms. The van der Waals surface area contributed by atoms with E-state index in [1.165, 1.54) is 12.1 Å². The van der Waals surface area contributed by atoms with E-state index in [9.17, 15) is 9.18 Å². The van der Waals surface area contributed by atoms with Crippen LogP contribution < -0.4 is 10.6 Å². The molecular weight excluding hydrogens is 183 g/mol. The number of nitrogens with one attached hydrogen (secondary N) is 2. The molecule has 4 heteroatoms.